The minimum absolute atomic E-state index is 0.157. The quantitative estimate of drug-likeness (QED) is 0.463. The number of carbonyl (C=O) groups excluding carboxylic acids is 3. The van der Waals surface area contributed by atoms with Crippen LogP contribution in [0.3, 0.4) is 0 Å². The lowest BCUT2D eigenvalue weighted by atomic mass is 10.2. The van der Waals surface area contributed by atoms with Gasteiger partial charge in [-0.25, -0.2) is 4.79 Å². The van der Waals surface area contributed by atoms with Crippen molar-refractivity contribution >= 4 is 17.8 Å². The van der Waals surface area contributed by atoms with E-state index in [1.165, 1.54) is 7.05 Å². The fraction of sp³-hybridized carbons (Fsp3) is 0.357. The molecule has 0 aromatic heterocycles. The number of nitrogens with two attached hydrogens (primary N) is 1. The lowest BCUT2D eigenvalue weighted by Gasteiger charge is -2.13. The number of ether oxygens (including phenoxy) is 1. The largest absolute Gasteiger partial charge is 0.494 e. The van der Waals surface area contributed by atoms with Gasteiger partial charge in [0.1, 0.15) is 5.75 Å². The van der Waals surface area contributed by atoms with E-state index in [9.17, 15) is 14.4 Å². The Kier molecular flexibility index (Phi) is 4.54. The van der Waals surface area contributed by atoms with Crippen LogP contribution in [0.15, 0.2) is 24.3 Å². The molecule has 2 N–H and O–H groups in total. The Labute approximate surface area is 122 Å². The molecule has 21 heavy (non-hydrogen) atoms. The van der Waals surface area contributed by atoms with E-state index >= 15 is 0 Å². The highest BCUT2D eigenvalue weighted by atomic mass is 16.5. The standard InChI is InChI=1S/C14H17N3O4/c1-16-12(18)13(19)17(14(16)20)6-3-7-21-11-5-2-4-10(8-11)9-15/h2,4-5,8H,3,6-7,9,15H2,1H3. The first-order chi connectivity index (χ1) is 10.0. The zero-order valence-corrected chi connectivity index (χ0v) is 11.7. The Hall–Kier alpha value is -2.41. The van der Waals surface area contributed by atoms with Crippen molar-refractivity contribution in [1.82, 2.24) is 9.80 Å². The van der Waals surface area contributed by atoms with Gasteiger partial charge in [-0.1, -0.05) is 12.1 Å². The van der Waals surface area contributed by atoms with Crippen molar-refractivity contribution < 1.29 is 19.1 Å². The number of rotatable bonds is 6. The number of hydrogen-bond acceptors (Lipinski definition) is 5. The third-order valence-corrected chi connectivity index (χ3v) is 3.18. The molecule has 0 aliphatic carbocycles. The SMILES string of the molecule is CN1C(=O)C(=O)N(CCCOc2cccc(CN)c2)C1=O. The molecular formula is C14H17N3O4. The van der Waals surface area contributed by atoms with Gasteiger partial charge in [0.05, 0.1) is 6.61 Å². The average molecular weight is 291 g/mol. The van der Waals surface area contributed by atoms with Crippen molar-refractivity contribution in [2.45, 2.75) is 13.0 Å². The van der Waals surface area contributed by atoms with Gasteiger partial charge in [-0.3, -0.25) is 19.4 Å². The third-order valence-electron chi connectivity index (χ3n) is 3.18. The first kappa shape index (κ1) is 15.0. The summed E-state index contributed by atoms with van der Waals surface area (Å²) in [5, 5.41) is 0. The average Bonchev–Trinajstić information content (AvgIpc) is 2.69. The number of carbonyl (C=O) groups is 3. The van der Waals surface area contributed by atoms with Crippen molar-refractivity contribution in [3.05, 3.63) is 29.8 Å². The van der Waals surface area contributed by atoms with E-state index in [0.29, 0.717) is 25.3 Å². The van der Waals surface area contributed by atoms with Crippen molar-refractivity contribution in [1.29, 1.82) is 0 Å². The van der Waals surface area contributed by atoms with Crippen molar-refractivity contribution in [2.24, 2.45) is 5.73 Å². The molecule has 7 heteroatoms. The number of nitrogens with zero attached hydrogens (tertiary/aromatic N) is 2. The van der Waals surface area contributed by atoms with Crippen molar-refractivity contribution in [2.75, 3.05) is 20.2 Å². The zero-order valence-electron chi connectivity index (χ0n) is 11.7. The molecule has 0 atom stereocenters. The number of hydrogen-bond donors (Lipinski definition) is 1. The van der Waals surface area contributed by atoms with E-state index in [0.717, 1.165) is 15.4 Å². The highest BCUT2D eigenvalue weighted by Crippen LogP contribution is 2.14. The summed E-state index contributed by atoms with van der Waals surface area (Å²) >= 11 is 0. The van der Waals surface area contributed by atoms with Crippen LogP contribution in [0.1, 0.15) is 12.0 Å². The zero-order chi connectivity index (χ0) is 15.4. The van der Waals surface area contributed by atoms with E-state index in [2.05, 4.69) is 0 Å². The topological polar surface area (TPSA) is 92.9 Å². The van der Waals surface area contributed by atoms with Gasteiger partial charge in [0.25, 0.3) is 0 Å². The molecule has 0 saturated carbocycles. The van der Waals surface area contributed by atoms with Crippen molar-refractivity contribution in [3.8, 4) is 5.75 Å². The summed E-state index contributed by atoms with van der Waals surface area (Å²) in [6.07, 6.45) is 0.450. The van der Waals surface area contributed by atoms with E-state index in [-0.39, 0.29) is 6.54 Å². The first-order valence-corrected chi connectivity index (χ1v) is 6.60. The van der Waals surface area contributed by atoms with Gasteiger partial charge in [-0.05, 0) is 24.1 Å². The highest BCUT2D eigenvalue weighted by Gasteiger charge is 2.41. The molecule has 1 heterocycles. The second kappa shape index (κ2) is 6.36. The normalized spacial score (nSPS) is 15.0. The van der Waals surface area contributed by atoms with Crippen LogP contribution < -0.4 is 10.5 Å². The second-order valence-electron chi connectivity index (χ2n) is 4.66. The van der Waals surface area contributed by atoms with Crippen LogP contribution in [0.5, 0.6) is 5.75 Å². The second-order valence-corrected chi connectivity index (χ2v) is 4.66. The Morgan fingerprint density at radius 1 is 1.19 bits per heavy atom. The van der Waals surface area contributed by atoms with Gasteiger partial charge in [-0.15, -0.1) is 0 Å². The van der Waals surface area contributed by atoms with Gasteiger partial charge < -0.3 is 10.5 Å². The summed E-state index contributed by atoms with van der Waals surface area (Å²) in [6, 6.07) is 6.80. The Morgan fingerprint density at radius 3 is 2.57 bits per heavy atom. The Balaban J connectivity index is 1.81. The smallest absolute Gasteiger partial charge is 0.333 e. The molecule has 1 aromatic rings. The van der Waals surface area contributed by atoms with E-state index in [1.807, 2.05) is 24.3 Å². The highest BCUT2D eigenvalue weighted by molar-refractivity contribution is 6.44. The summed E-state index contributed by atoms with van der Waals surface area (Å²) in [5.41, 5.74) is 6.50. The molecule has 0 spiro atoms. The molecule has 1 aliphatic rings. The minimum Gasteiger partial charge on any atom is -0.494 e. The minimum atomic E-state index is -0.795. The van der Waals surface area contributed by atoms with E-state index < -0.39 is 17.8 Å². The summed E-state index contributed by atoms with van der Waals surface area (Å²) in [5.74, 6) is -0.894. The maximum Gasteiger partial charge on any atom is 0.333 e. The fourth-order valence-electron chi connectivity index (χ4n) is 1.99. The Bertz CT molecular complexity index is 573. The molecule has 1 aliphatic heterocycles. The van der Waals surface area contributed by atoms with Gasteiger partial charge in [-0.2, -0.15) is 0 Å². The lowest BCUT2D eigenvalue weighted by Crippen LogP contribution is -2.33. The molecule has 2 rings (SSSR count). The molecule has 1 fully saturated rings. The molecular weight excluding hydrogens is 274 g/mol. The molecule has 0 bridgehead atoms. The third kappa shape index (κ3) is 3.19. The monoisotopic (exact) mass is 291 g/mol. The first-order valence-electron chi connectivity index (χ1n) is 6.60. The maximum absolute atomic E-state index is 11.6. The molecule has 1 aromatic carbocycles. The van der Waals surface area contributed by atoms with E-state index in [4.69, 9.17) is 10.5 Å². The summed E-state index contributed by atoms with van der Waals surface area (Å²) in [7, 11) is 1.29. The molecule has 112 valence electrons. The Morgan fingerprint density at radius 2 is 1.95 bits per heavy atom. The fourth-order valence-corrected chi connectivity index (χ4v) is 1.99. The van der Waals surface area contributed by atoms with Crippen molar-refractivity contribution in [3.63, 3.8) is 0 Å². The molecule has 0 unspecified atom stereocenters. The molecule has 7 nitrogen and oxygen atoms in total. The molecule has 1 saturated heterocycles. The number of amides is 4. The predicted molar refractivity (Wildman–Crippen MR) is 74.3 cm³/mol. The molecule has 0 radical (unpaired) electrons. The van der Waals surface area contributed by atoms with Crippen LogP contribution in [0.4, 0.5) is 4.79 Å². The van der Waals surface area contributed by atoms with E-state index in [1.54, 1.807) is 0 Å². The van der Waals surface area contributed by atoms with Crippen LogP contribution in [0.2, 0.25) is 0 Å². The van der Waals surface area contributed by atoms with Crippen LogP contribution in [0, 0.1) is 0 Å². The van der Waals surface area contributed by atoms with Gasteiger partial charge in [0, 0.05) is 20.1 Å². The van der Waals surface area contributed by atoms with Gasteiger partial charge in [0.2, 0.25) is 0 Å². The summed E-state index contributed by atoms with van der Waals surface area (Å²) in [6.45, 7) is 0.926. The van der Waals surface area contributed by atoms with Crippen LogP contribution >= 0.6 is 0 Å². The number of urea groups is 1. The van der Waals surface area contributed by atoms with Gasteiger partial charge >= 0.3 is 17.8 Å². The van der Waals surface area contributed by atoms with Crippen LogP contribution in [0.25, 0.3) is 0 Å². The number of likely N-dealkylation sites (N-methyl/N-ethyl adjacent to an activating group) is 1. The number of imide groups is 2. The molecule has 4 amide bonds. The van der Waals surface area contributed by atoms with Gasteiger partial charge in [0.15, 0.2) is 0 Å². The van der Waals surface area contributed by atoms with Crippen LogP contribution in [-0.4, -0.2) is 47.8 Å². The van der Waals surface area contributed by atoms with Crippen LogP contribution in [-0.2, 0) is 16.1 Å². The lowest BCUT2D eigenvalue weighted by molar-refractivity contribution is -0.142. The summed E-state index contributed by atoms with van der Waals surface area (Å²) in [4.78, 5) is 36.2. The maximum atomic E-state index is 11.6. The summed E-state index contributed by atoms with van der Waals surface area (Å²) < 4.78 is 5.53. The predicted octanol–water partition coefficient (Wildman–Crippen LogP) is 0.335. The number of benzene rings is 1.